The van der Waals surface area contributed by atoms with Gasteiger partial charge in [-0.2, -0.15) is 0 Å². The van der Waals surface area contributed by atoms with Gasteiger partial charge in [0.1, 0.15) is 6.54 Å². The third-order valence-electron chi connectivity index (χ3n) is 1.36. The van der Waals surface area contributed by atoms with Crippen LogP contribution in [0.25, 0.3) is 0 Å². The van der Waals surface area contributed by atoms with E-state index in [-0.39, 0.29) is 12.5 Å². The van der Waals surface area contributed by atoms with Crippen LogP contribution in [0.4, 0.5) is 0 Å². The number of hydrogen-bond donors (Lipinski definition) is 1. The number of rotatable bonds is 4. The van der Waals surface area contributed by atoms with Crippen LogP contribution in [0.15, 0.2) is 0 Å². The Balaban J connectivity index is 0. The molecular formula is C9H19NO3. The molecule has 0 aromatic heterocycles. The van der Waals surface area contributed by atoms with Gasteiger partial charge in [0.15, 0.2) is 0 Å². The average molecular weight is 189 g/mol. The van der Waals surface area contributed by atoms with E-state index in [0.717, 1.165) is 0 Å². The summed E-state index contributed by atoms with van der Waals surface area (Å²) < 4.78 is 0. The molecule has 4 heteroatoms. The molecule has 78 valence electrons. The van der Waals surface area contributed by atoms with Crippen molar-refractivity contribution in [3.05, 3.63) is 0 Å². The first-order valence-electron chi connectivity index (χ1n) is 4.61. The third-order valence-corrected chi connectivity index (χ3v) is 1.36. The minimum atomic E-state index is -0.964. The largest absolute Gasteiger partial charge is 0.480 e. The smallest absolute Gasteiger partial charge is 0.323 e. The van der Waals surface area contributed by atoms with Gasteiger partial charge in [0.05, 0.1) is 0 Å². The van der Waals surface area contributed by atoms with Crippen molar-refractivity contribution in [1.29, 1.82) is 0 Å². The van der Waals surface area contributed by atoms with Gasteiger partial charge in [0.2, 0.25) is 5.91 Å². The van der Waals surface area contributed by atoms with Crippen molar-refractivity contribution in [2.24, 2.45) is 0 Å². The molecule has 0 aliphatic heterocycles. The molecular weight excluding hydrogens is 170 g/mol. The summed E-state index contributed by atoms with van der Waals surface area (Å²) in [4.78, 5) is 22.4. The van der Waals surface area contributed by atoms with Gasteiger partial charge in [-0.25, -0.2) is 0 Å². The zero-order valence-corrected chi connectivity index (χ0v) is 8.83. The molecule has 1 N–H and O–H groups in total. The van der Waals surface area contributed by atoms with Crippen molar-refractivity contribution in [1.82, 2.24) is 4.90 Å². The maximum atomic E-state index is 10.9. The lowest BCUT2D eigenvalue weighted by atomic mass is 10.4. The van der Waals surface area contributed by atoms with E-state index in [9.17, 15) is 9.59 Å². The number of hydrogen-bond acceptors (Lipinski definition) is 2. The van der Waals surface area contributed by atoms with Crippen molar-refractivity contribution in [2.75, 3.05) is 13.1 Å². The first-order chi connectivity index (χ1) is 6.11. The molecule has 0 aromatic rings. The zero-order valence-electron chi connectivity index (χ0n) is 8.83. The summed E-state index contributed by atoms with van der Waals surface area (Å²) in [5.41, 5.74) is 0. The molecule has 4 nitrogen and oxygen atoms in total. The van der Waals surface area contributed by atoms with Crippen LogP contribution in [0.2, 0.25) is 0 Å². The number of carbonyl (C=O) groups is 2. The van der Waals surface area contributed by atoms with Crippen molar-refractivity contribution in [2.45, 2.75) is 34.1 Å². The molecule has 0 saturated carbocycles. The zero-order chi connectivity index (χ0) is 10.9. The van der Waals surface area contributed by atoms with E-state index in [1.54, 1.807) is 13.8 Å². The quantitative estimate of drug-likeness (QED) is 0.726. The van der Waals surface area contributed by atoms with Gasteiger partial charge in [-0.15, -0.1) is 0 Å². The van der Waals surface area contributed by atoms with Crippen LogP contribution >= 0.6 is 0 Å². The maximum absolute atomic E-state index is 10.9. The Morgan fingerprint density at radius 3 is 1.92 bits per heavy atom. The van der Waals surface area contributed by atoms with Gasteiger partial charge in [0, 0.05) is 13.0 Å². The van der Waals surface area contributed by atoms with E-state index in [1.165, 1.54) is 4.90 Å². The van der Waals surface area contributed by atoms with Crippen LogP contribution in [-0.2, 0) is 9.59 Å². The minimum Gasteiger partial charge on any atom is -0.480 e. The Bertz CT molecular complexity index is 157. The summed E-state index contributed by atoms with van der Waals surface area (Å²) in [6.07, 6.45) is 0.362. The molecule has 0 heterocycles. The molecule has 0 aliphatic rings. The van der Waals surface area contributed by atoms with Gasteiger partial charge in [0.25, 0.3) is 0 Å². The molecule has 0 bridgehead atoms. The summed E-state index contributed by atoms with van der Waals surface area (Å²) in [6, 6.07) is 0. The van der Waals surface area contributed by atoms with Crippen LogP contribution in [0.1, 0.15) is 34.1 Å². The molecule has 0 aromatic carbocycles. The van der Waals surface area contributed by atoms with Crippen molar-refractivity contribution in [3.8, 4) is 0 Å². The second-order valence-corrected chi connectivity index (χ2v) is 2.16. The van der Waals surface area contributed by atoms with E-state index in [4.69, 9.17) is 5.11 Å². The summed E-state index contributed by atoms with van der Waals surface area (Å²) in [5.74, 6) is -1.08. The van der Waals surface area contributed by atoms with Gasteiger partial charge in [-0.3, -0.25) is 9.59 Å². The molecule has 0 spiro atoms. The van der Waals surface area contributed by atoms with Crippen molar-refractivity contribution < 1.29 is 14.7 Å². The topological polar surface area (TPSA) is 57.6 Å². The SMILES string of the molecule is CC.CCC(=O)N(CC)CC(=O)O. The fourth-order valence-corrected chi connectivity index (χ4v) is 0.763. The van der Waals surface area contributed by atoms with Gasteiger partial charge >= 0.3 is 5.97 Å². The molecule has 0 fully saturated rings. The Kier molecular flexibility index (Phi) is 10.0. The van der Waals surface area contributed by atoms with Crippen LogP contribution in [0.3, 0.4) is 0 Å². The summed E-state index contributed by atoms with van der Waals surface area (Å²) in [5, 5.41) is 8.37. The van der Waals surface area contributed by atoms with Crippen LogP contribution in [0, 0.1) is 0 Å². The van der Waals surface area contributed by atoms with Crippen molar-refractivity contribution >= 4 is 11.9 Å². The Hall–Kier alpha value is -1.06. The van der Waals surface area contributed by atoms with Crippen LogP contribution in [-0.4, -0.2) is 35.0 Å². The maximum Gasteiger partial charge on any atom is 0.323 e. The van der Waals surface area contributed by atoms with Crippen LogP contribution in [0.5, 0.6) is 0 Å². The van der Waals surface area contributed by atoms with Gasteiger partial charge in [-0.05, 0) is 6.92 Å². The van der Waals surface area contributed by atoms with Crippen LogP contribution < -0.4 is 0 Å². The molecule has 0 unspecified atom stereocenters. The first-order valence-corrected chi connectivity index (χ1v) is 4.61. The highest BCUT2D eigenvalue weighted by Gasteiger charge is 2.11. The predicted molar refractivity (Wildman–Crippen MR) is 51.5 cm³/mol. The molecule has 0 saturated heterocycles. The van der Waals surface area contributed by atoms with E-state index in [1.807, 2.05) is 13.8 Å². The lowest BCUT2D eigenvalue weighted by Gasteiger charge is -2.16. The second-order valence-electron chi connectivity index (χ2n) is 2.16. The first kappa shape index (κ1) is 14.5. The number of aliphatic carboxylic acids is 1. The molecule has 0 radical (unpaired) electrons. The Morgan fingerprint density at radius 2 is 1.69 bits per heavy atom. The Labute approximate surface area is 79.5 Å². The predicted octanol–water partition coefficient (Wildman–Crippen LogP) is 1.36. The Morgan fingerprint density at radius 1 is 1.23 bits per heavy atom. The average Bonchev–Trinajstić information content (AvgIpc) is 2.16. The normalized spacial score (nSPS) is 8.31. The number of carbonyl (C=O) groups excluding carboxylic acids is 1. The summed E-state index contributed by atoms with van der Waals surface area (Å²) >= 11 is 0. The number of nitrogens with zero attached hydrogens (tertiary/aromatic N) is 1. The van der Waals surface area contributed by atoms with Crippen molar-refractivity contribution in [3.63, 3.8) is 0 Å². The molecule has 0 rings (SSSR count). The lowest BCUT2D eigenvalue weighted by Crippen LogP contribution is -2.34. The fraction of sp³-hybridized carbons (Fsp3) is 0.778. The number of carboxylic acids is 1. The molecule has 1 amide bonds. The number of amides is 1. The highest BCUT2D eigenvalue weighted by Crippen LogP contribution is 1.92. The van der Waals surface area contributed by atoms with E-state index in [0.29, 0.717) is 13.0 Å². The molecule has 13 heavy (non-hydrogen) atoms. The molecule has 0 atom stereocenters. The van der Waals surface area contributed by atoms with Gasteiger partial charge < -0.3 is 10.0 Å². The van der Waals surface area contributed by atoms with E-state index in [2.05, 4.69) is 0 Å². The summed E-state index contributed by atoms with van der Waals surface area (Å²) in [6.45, 7) is 7.74. The second kappa shape index (κ2) is 9.03. The van der Waals surface area contributed by atoms with Gasteiger partial charge in [-0.1, -0.05) is 20.8 Å². The number of likely N-dealkylation sites (N-methyl/N-ethyl adjacent to an activating group) is 1. The van der Waals surface area contributed by atoms with E-state index < -0.39 is 5.97 Å². The molecule has 0 aliphatic carbocycles. The number of carboxylic acid groups (broad SMARTS) is 1. The lowest BCUT2D eigenvalue weighted by molar-refractivity contribution is -0.144. The van der Waals surface area contributed by atoms with E-state index >= 15 is 0 Å². The monoisotopic (exact) mass is 189 g/mol. The third kappa shape index (κ3) is 7.31. The minimum absolute atomic E-state index is 0.116. The summed E-state index contributed by atoms with van der Waals surface area (Å²) in [7, 11) is 0. The highest BCUT2D eigenvalue weighted by molar-refractivity contribution is 5.80. The standard InChI is InChI=1S/C7H13NO3.C2H6/c1-3-6(9)8(4-2)5-7(10)11;1-2/h3-5H2,1-2H3,(H,10,11);1-2H3. The highest BCUT2D eigenvalue weighted by atomic mass is 16.4. The fourth-order valence-electron chi connectivity index (χ4n) is 0.763.